The van der Waals surface area contributed by atoms with Gasteiger partial charge in [-0.05, 0) is 32.6 Å². The molecule has 0 aromatic carbocycles. The standard InChI is InChI=1S/C12H15N5/c1-8-6-17(16-11(8)13)12-9-4-2-3-5-10(9)14-7-15-12/h6-7H,2-5H2,1H3,(H2,13,16). The Morgan fingerprint density at radius 3 is 2.82 bits per heavy atom. The average Bonchev–Trinajstić information content (AvgIpc) is 2.69. The van der Waals surface area contributed by atoms with Crippen molar-refractivity contribution in [2.24, 2.45) is 0 Å². The van der Waals surface area contributed by atoms with Gasteiger partial charge in [-0.1, -0.05) is 0 Å². The van der Waals surface area contributed by atoms with E-state index < -0.39 is 0 Å². The molecule has 5 heteroatoms. The lowest BCUT2D eigenvalue weighted by atomic mass is 9.96. The molecule has 0 bridgehead atoms. The fourth-order valence-electron chi connectivity index (χ4n) is 2.28. The van der Waals surface area contributed by atoms with Gasteiger partial charge in [-0.3, -0.25) is 0 Å². The molecule has 2 heterocycles. The number of hydrogen-bond donors (Lipinski definition) is 1. The summed E-state index contributed by atoms with van der Waals surface area (Å²) in [5, 5.41) is 4.29. The summed E-state index contributed by atoms with van der Waals surface area (Å²) in [6.07, 6.45) is 8.02. The van der Waals surface area contributed by atoms with Gasteiger partial charge in [0.05, 0.1) is 0 Å². The van der Waals surface area contributed by atoms with Crippen molar-refractivity contribution < 1.29 is 0 Å². The molecule has 0 saturated heterocycles. The number of nitrogens with zero attached hydrogens (tertiary/aromatic N) is 4. The molecular weight excluding hydrogens is 214 g/mol. The van der Waals surface area contributed by atoms with Crippen LogP contribution in [-0.4, -0.2) is 19.7 Å². The van der Waals surface area contributed by atoms with Gasteiger partial charge in [0.15, 0.2) is 5.82 Å². The van der Waals surface area contributed by atoms with Gasteiger partial charge in [-0.2, -0.15) is 0 Å². The second-order valence-electron chi connectivity index (χ2n) is 4.47. The summed E-state index contributed by atoms with van der Waals surface area (Å²) in [6, 6.07) is 0. The second-order valence-corrected chi connectivity index (χ2v) is 4.47. The fourth-order valence-corrected chi connectivity index (χ4v) is 2.28. The highest BCUT2D eigenvalue weighted by molar-refractivity contribution is 5.42. The predicted octanol–water partition coefficient (Wildman–Crippen LogP) is 1.43. The number of fused-ring (bicyclic) bond motifs is 1. The molecular formula is C12H15N5. The van der Waals surface area contributed by atoms with Crippen LogP contribution in [0.1, 0.15) is 29.7 Å². The van der Waals surface area contributed by atoms with Crippen molar-refractivity contribution in [3.05, 3.63) is 29.3 Å². The first-order valence-corrected chi connectivity index (χ1v) is 5.90. The highest BCUT2D eigenvalue weighted by atomic mass is 15.3. The molecule has 5 nitrogen and oxygen atoms in total. The Labute approximate surface area is 99.7 Å². The van der Waals surface area contributed by atoms with E-state index in [-0.39, 0.29) is 0 Å². The van der Waals surface area contributed by atoms with Crippen LogP contribution in [0, 0.1) is 6.92 Å². The van der Waals surface area contributed by atoms with E-state index in [9.17, 15) is 0 Å². The van der Waals surface area contributed by atoms with Crippen molar-refractivity contribution in [3.8, 4) is 5.82 Å². The zero-order valence-corrected chi connectivity index (χ0v) is 9.85. The first-order chi connectivity index (χ1) is 8.25. The minimum atomic E-state index is 0.563. The Kier molecular flexibility index (Phi) is 2.31. The van der Waals surface area contributed by atoms with Gasteiger partial charge in [0, 0.05) is 23.0 Å². The molecule has 88 valence electrons. The van der Waals surface area contributed by atoms with Gasteiger partial charge in [0.1, 0.15) is 12.1 Å². The lowest BCUT2D eigenvalue weighted by Gasteiger charge is -2.16. The molecule has 0 saturated carbocycles. The molecule has 2 aromatic rings. The van der Waals surface area contributed by atoms with Gasteiger partial charge >= 0.3 is 0 Å². The van der Waals surface area contributed by atoms with Crippen LogP contribution in [-0.2, 0) is 12.8 Å². The van der Waals surface area contributed by atoms with Crippen LogP contribution < -0.4 is 5.73 Å². The number of hydrogen-bond acceptors (Lipinski definition) is 4. The highest BCUT2D eigenvalue weighted by Gasteiger charge is 2.17. The largest absolute Gasteiger partial charge is 0.382 e. The van der Waals surface area contributed by atoms with Crippen molar-refractivity contribution in [1.82, 2.24) is 19.7 Å². The second kappa shape index (κ2) is 3.84. The SMILES string of the molecule is Cc1cn(-c2ncnc3c2CCCC3)nc1N. The molecule has 0 aliphatic heterocycles. The lowest BCUT2D eigenvalue weighted by molar-refractivity contribution is 0.650. The number of nitrogens with two attached hydrogens (primary N) is 1. The zero-order chi connectivity index (χ0) is 11.8. The topological polar surface area (TPSA) is 69.6 Å². The Morgan fingerprint density at radius 2 is 2.06 bits per heavy atom. The summed E-state index contributed by atoms with van der Waals surface area (Å²) < 4.78 is 1.77. The quantitative estimate of drug-likeness (QED) is 0.803. The minimum Gasteiger partial charge on any atom is -0.382 e. The van der Waals surface area contributed by atoms with Crippen LogP contribution in [0.25, 0.3) is 5.82 Å². The molecule has 0 atom stereocenters. The number of aryl methyl sites for hydroxylation is 2. The Morgan fingerprint density at radius 1 is 1.24 bits per heavy atom. The Hall–Kier alpha value is -1.91. The van der Waals surface area contributed by atoms with E-state index in [1.165, 1.54) is 18.4 Å². The highest BCUT2D eigenvalue weighted by Crippen LogP contribution is 2.24. The van der Waals surface area contributed by atoms with Crippen molar-refractivity contribution >= 4 is 5.82 Å². The smallest absolute Gasteiger partial charge is 0.160 e. The summed E-state index contributed by atoms with van der Waals surface area (Å²) in [4.78, 5) is 8.70. The van der Waals surface area contributed by atoms with E-state index in [4.69, 9.17) is 5.73 Å². The third kappa shape index (κ3) is 1.67. The zero-order valence-electron chi connectivity index (χ0n) is 9.85. The molecule has 2 N–H and O–H groups in total. The van der Waals surface area contributed by atoms with Crippen LogP contribution in [0.15, 0.2) is 12.5 Å². The number of aromatic nitrogens is 4. The van der Waals surface area contributed by atoms with Crippen LogP contribution in [0.3, 0.4) is 0 Å². The molecule has 1 aliphatic rings. The maximum Gasteiger partial charge on any atom is 0.160 e. The van der Waals surface area contributed by atoms with E-state index >= 15 is 0 Å². The van der Waals surface area contributed by atoms with Crippen LogP contribution in [0.2, 0.25) is 0 Å². The molecule has 0 fully saturated rings. The molecule has 1 aliphatic carbocycles. The maximum absolute atomic E-state index is 5.78. The first-order valence-electron chi connectivity index (χ1n) is 5.90. The van der Waals surface area contributed by atoms with Gasteiger partial charge in [0.25, 0.3) is 0 Å². The van der Waals surface area contributed by atoms with Gasteiger partial charge in [0.2, 0.25) is 0 Å². The summed E-state index contributed by atoms with van der Waals surface area (Å²) in [6.45, 7) is 1.95. The number of anilines is 1. The fraction of sp³-hybridized carbons (Fsp3) is 0.417. The van der Waals surface area contributed by atoms with Crippen LogP contribution in [0.4, 0.5) is 5.82 Å². The summed E-state index contributed by atoms with van der Waals surface area (Å²) in [7, 11) is 0. The summed E-state index contributed by atoms with van der Waals surface area (Å²) in [5.74, 6) is 1.45. The molecule has 0 unspecified atom stereocenters. The van der Waals surface area contributed by atoms with Crippen LogP contribution in [0.5, 0.6) is 0 Å². The summed E-state index contributed by atoms with van der Waals surface area (Å²) in [5.41, 5.74) is 9.14. The van der Waals surface area contributed by atoms with E-state index in [0.29, 0.717) is 5.82 Å². The third-order valence-electron chi connectivity index (χ3n) is 3.25. The molecule has 0 radical (unpaired) electrons. The molecule has 0 spiro atoms. The van der Waals surface area contributed by atoms with Crippen LogP contribution >= 0.6 is 0 Å². The number of rotatable bonds is 1. The summed E-state index contributed by atoms with van der Waals surface area (Å²) >= 11 is 0. The van der Waals surface area contributed by atoms with Gasteiger partial charge < -0.3 is 5.73 Å². The average molecular weight is 229 g/mol. The van der Waals surface area contributed by atoms with Crippen molar-refractivity contribution in [2.75, 3.05) is 5.73 Å². The predicted molar refractivity (Wildman–Crippen MR) is 64.9 cm³/mol. The lowest BCUT2D eigenvalue weighted by Crippen LogP contribution is -2.12. The van der Waals surface area contributed by atoms with E-state index in [1.54, 1.807) is 11.0 Å². The van der Waals surface area contributed by atoms with E-state index in [0.717, 1.165) is 29.9 Å². The van der Waals surface area contributed by atoms with Crippen molar-refractivity contribution in [3.63, 3.8) is 0 Å². The first kappa shape index (κ1) is 10.3. The Balaban J connectivity index is 2.14. The van der Waals surface area contributed by atoms with Gasteiger partial charge in [-0.25, -0.2) is 14.6 Å². The molecule has 0 amide bonds. The van der Waals surface area contributed by atoms with Crippen molar-refractivity contribution in [2.45, 2.75) is 32.6 Å². The molecule has 2 aromatic heterocycles. The van der Waals surface area contributed by atoms with Gasteiger partial charge in [-0.15, -0.1) is 5.10 Å². The minimum absolute atomic E-state index is 0.563. The normalized spacial score (nSPS) is 14.6. The van der Waals surface area contributed by atoms with E-state index in [1.807, 2.05) is 13.1 Å². The third-order valence-corrected chi connectivity index (χ3v) is 3.25. The maximum atomic E-state index is 5.78. The molecule has 17 heavy (non-hydrogen) atoms. The van der Waals surface area contributed by atoms with Crippen molar-refractivity contribution in [1.29, 1.82) is 0 Å². The van der Waals surface area contributed by atoms with E-state index in [2.05, 4.69) is 15.1 Å². The Bertz CT molecular complexity index is 539. The number of nitrogen functional groups attached to an aromatic ring is 1. The molecule has 3 rings (SSSR count). The monoisotopic (exact) mass is 229 g/mol.